The van der Waals surface area contributed by atoms with Crippen LogP contribution in [0.15, 0.2) is 58.1 Å². The van der Waals surface area contributed by atoms with Crippen LogP contribution < -0.4 is 20.9 Å². The van der Waals surface area contributed by atoms with Crippen LogP contribution in [0.3, 0.4) is 0 Å². The number of hydrogen-bond acceptors (Lipinski definition) is 4. The van der Waals surface area contributed by atoms with Crippen LogP contribution in [0.2, 0.25) is 5.02 Å². The topological polar surface area (TPSA) is 55.4 Å². The van der Waals surface area contributed by atoms with Gasteiger partial charge in [0.2, 0.25) is 5.43 Å². The fourth-order valence-electron chi connectivity index (χ4n) is 2.22. The number of nitrogens with one attached hydrogen (secondary N) is 1. The highest BCUT2D eigenvalue weighted by Gasteiger charge is 2.22. The molecule has 0 saturated carbocycles. The lowest BCUT2D eigenvalue weighted by Gasteiger charge is -2.13. The molecule has 3 aromatic carbocycles. The minimum atomic E-state index is -0.513. The molecular weight excluding hydrogens is 302 g/mol. The molecule has 3 rings (SSSR count). The Labute approximate surface area is 131 Å². The van der Waals surface area contributed by atoms with Gasteiger partial charge in [-0.3, -0.25) is 9.59 Å². The third kappa shape index (κ3) is 2.49. The fourth-order valence-corrected chi connectivity index (χ4v) is 2.35. The van der Waals surface area contributed by atoms with Gasteiger partial charge in [-0.15, -0.1) is 0 Å². The summed E-state index contributed by atoms with van der Waals surface area (Å²) in [7, 11) is 1.57. The van der Waals surface area contributed by atoms with Gasteiger partial charge in [0, 0.05) is 10.7 Å². The molecule has 0 heterocycles. The van der Waals surface area contributed by atoms with Crippen molar-refractivity contribution in [2.75, 3.05) is 12.4 Å². The number of hydrogen-bond donors (Lipinski definition) is 1. The summed E-state index contributed by atoms with van der Waals surface area (Å²) < 4.78 is 5.09. The van der Waals surface area contributed by atoms with Crippen molar-refractivity contribution in [1.29, 1.82) is 0 Å². The second kappa shape index (κ2) is 5.66. The van der Waals surface area contributed by atoms with Gasteiger partial charge in [0.25, 0.3) is 5.43 Å². The molecule has 0 bridgehead atoms. The number of halogens is 1. The number of methoxy groups -OCH3 is 1. The summed E-state index contributed by atoms with van der Waals surface area (Å²) in [4.78, 5) is 23.7. The van der Waals surface area contributed by atoms with Gasteiger partial charge in [-0.25, -0.2) is 0 Å². The van der Waals surface area contributed by atoms with Crippen LogP contribution >= 0.6 is 11.6 Å². The highest BCUT2D eigenvalue weighted by molar-refractivity contribution is 6.30. The molecule has 0 aliphatic rings. The first kappa shape index (κ1) is 14.4. The summed E-state index contributed by atoms with van der Waals surface area (Å²) in [5.74, 6) is 0.689. The van der Waals surface area contributed by atoms with E-state index in [1.807, 2.05) is 0 Å². The molecule has 110 valence electrons. The third-order valence-corrected chi connectivity index (χ3v) is 3.65. The van der Waals surface area contributed by atoms with Crippen LogP contribution in [0.4, 0.5) is 11.4 Å². The Bertz CT molecular complexity index is 876. The minimum Gasteiger partial charge on any atom is -0.497 e. The first-order chi connectivity index (χ1) is 10.6. The van der Waals surface area contributed by atoms with Gasteiger partial charge in [-0.05, 0) is 42.0 Å². The lowest BCUT2D eigenvalue weighted by atomic mass is 9.98. The maximum Gasteiger partial charge on any atom is 0.250 e. The summed E-state index contributed by atoms with van der Waals surface area (Å²) in [6.45, 7) is 0. The van der Waals surface area contributed by atoms with E-state index in [2.05, 4.69) is 5.32 Å². The molecule has 0 amide bonds. The normalized spacial score (nSPS) is 10.6. The summed E-state index contributed by atoms with van der Waals surface area (Å²) in [6, 6.07) is 13.9. The zero-order chi connectivity index (χ0) is 15.7. The van der Waals surface area contributed by atoms with Crippen molar-refractivity contribution in [3.05, 3.63) is 74.0 Å². The van der Waals surface area contributed by atoms with E-state index in [-0.39, 0.29) is 0 Å². The minimum absolute atomic E-state index is 0.303. The molecule has 0 spiro atoms. The molecule has 4 nitrogen and oxygen atoms in total. The van der Waals surface area contributed by atoms with E-state index in [4.69, 9.17) is 16.3 Å². The standard InChI is InChI=1S/C17H12ClNO3/c1-22-13-8-2-10(3-9-13)14-15(17(21)16(14)20)19-12-6-4-11(18)5-7-12/h2-9,19H,1H3. The van der Waals surface area contributed by atoms with Crippen LogP contribution in [0.1, 0.15) is 0 Å². The van der Waals surface area contributed by atoms with Crippen LogP contribution in [-0.4, -0.2) is 7.11 Å². The predicted molar refractivity (Wildman–Crippen MR) is 88.1 cm³/mol. The zero-order valence-electron chi connectivity index (χ0n) is 11.7. The first-order valence-corrected chi connectivity index (χ1v) is 6.98. The van der Waals surface area contributed by atoms with E-state index in [0.717, 1.165) is 0 Å². The molecule has 22 heavy (non-hydrogen) atoms. The zero-order valence-corrected chi connectivity index (χ0v) is 12.5. The van der Waals surface area contributed by atoms with Gasteiger partial charge in [0.05, 0.1) is 12.7 Å². The monoisotopic (exact) mass is 313 g/mol. The lowest BCUT2D eigenvalue weighted by molar-refractivity contribution is 0.415. The summed E-state index contributed by atoms with van der Waals surface area (Å²) in [6.07, 6.45) is 0. The average Bonchev–Trinajstić information content (AvgIpc) is 2.56. The van der Waals surface area contributed by atoms with Crippen LogP contribution in [-0.2, 0) is 0 Å². The largest absolute Gasteiger partial charge is 0.497 e. The molecule has 5 heteroatoms. The molecule has 0 atom stereocenters. The number of rotatable bonds is 4. The van der Waals surface area contributed by atoms with Crippen molar-refractivity contribution in [2.45, 2.75) is 0 Å². The van der Waals surface area contributed by atoms with Crippen molar-refractivity contribution < 1.29 is 4.74 Å². The Kier molecular flexibility index (Phi) is 3.69. The van der Waals surface area contributed by atoms with Crippen LogP contribution in [0.5, 0.6) is 5.75 Å². The van der Waals surface area contributed by atoms with Gasteiger partial charge in [0.1, 0.15) is 11.4 Å². The quantitative estimate of drug-likeness (QED) is 0.750. The Morgan fingerprint density at radius 3 is 2.14 bits per heavy atom. The Hall–Kier alpha value is -2.59. The number of benzene rings is 2. The van der Waals surface area contributed by atoms with Crippen molar-refractivity contribution in [1.82, 2.24) is 0 Å². The molecule has 0 aliphatic heterocycles. The highest BCUT2D eigenvalue weighted by Crippen LogP contribution is 2.28. The van der Waals surface area contributed by atoms with Crippen LogP contribution in [0.25, 0.3) is 11.1 Å². The molecule has 0 fully saturated rings. The van der Waals surface area contributed by atoms with E-state index in [1.165, 1.54) is 0 Å². The lowest BCUT2D eigenvalue weighted by Crippen LogP contribution is -2.35. The second-order valence-electron chi connectivity index (χ2n) is 4.77. The third-order valence-electron chi connectivity index (χ3n) is 3.40. The van der Waals surface area contributed by atoms with Gasteiger partial charge in [-0.1, -0.05) is 23.7 Å². The molecular formula is C17H12ClNO3. The SMILES string of the molecule is COc1ccc(-c2c(Nc3ccc(Cl)cc3)c(=O)c2=O)cc1. The first-order valence-electron chi connectivity index (χ1n) is 6.60. The van der Waals surface area contributed by atoms with Crippen molar-refractivity contribution in [3.63, 3.8) is 0 Å². The Morgan fingerprint density at radius 1 is 0.909 bits per heavy atom. The average molecular weight is 314 g/mol. The van der Waals surface area contributed by atoms with Gasteiger partial charge >= 0.3 is 0 Å². The van der Waals surface area contributed by atoms with Crippen molar-refractivity contribution in [3.8, 4) is 16.9 Å². The van der Waals surface area contributed by atoms with E-state index in [1.54, 1.807) is 55.6 Å². The van der Waals surface area contributed by atoms with E-state index in [9.17, 15) is 9.59 Å². The summed E-state index contributed by atoms with van der Waals surface area (Å²) in [5.41, 5.74) is 1.08. The number of anilines is 2. The number of ether oxygens (including phenoxy) is 1. The van der Waals surface area contributed by atoms with Gasteiger partial charge in [-0.2, -0.15) is 0 Å². The molecule has 1 N–H and O–H groups in total. The summed E-state index contributed by atoms with van der Waals surface area (Å²) in [5, 5.41) is 3.58. The molecule has 0 aliphatic carbocycles. The Morgan fingerprint density at radius 2 is 1.55 bits per heavy atom. The fraction of sp³-hybridized carbons (Fsp3) is 0.0588. The maximum atomic E-state index is 11.9. The molecule has 0 aromatic heterocycles. The predicted octanol–water partition coefficient (Wildman–Crippen LogP) is 3.36. The maximum absolute atomic E-state index is 11.9. The van der Waals surface area contributed by atoms with Crippen molar-refractivity contribution in [2.24, 2.45) is 0 Å². The van der Waals surface area contributed by atoms with Crippen LogP contribution in [0, 0.1) is 0 Å². The molecule has 0 saturated heterocycles. The van der Waals surface area contributed by atoms with E-state index < -0.39 is 10.9 Å². The Balaban J connectivity index is 1.96. The van der Waals surface area contributed by atoms with E-state index >= 15 is 0 Å². The van der Waals surface area contributed by atoms with E-state index in [0.29, 0.717) is 33.3 Å². The molecule has 0 radical (unpaired) electrons. The second-order valence-corrected chi connectivity index (χ2v) is 5.21. The molecule has 0 unspecified atom stereocenters. The van der Waals surface area contributed by atoms with Gasteiger partial charge < -0.3 is 10.1 Å². The van der Waals surface area contributed by atoms with Crippen molar-refractivity contribution >= 4 is 23.0 Å². The highest BCUT2D eigenvalue weighted by atomic mass is 35.5. The summed E-state index contributed by atoms with van der Waals surface area (Å²) >= 11 is 5.83. The molecule has 3 aromatic rings. The smallest absolute Gasteiger partial charge is 0.250 e. The van der Waals surface area contributed by atoms with Gasteiger partial charge in [0.15, 0.2) is 0 Å².